The number of aryl methyl sites for hydroxylation is 1. The highest BCUT2D eigenvalue weighted by Gasteiger charge is 2.38. The van der Waals surface area contributed by atoms with Crippen molar-refractivity contribution in [3.63, 3.8) is 0 Å². The third kappa shape index (κ3) is 5.86. The molecule has 1 fully saturated rings. The number of aromatic amines is 1. The Morgan fingerprint density at radius 2 is 1.82 bits per heavy atom. The maximum Gasteiger partial charge on any atom is 0.417 e. The second-order valence-corrected chi connectivity index (χ2v) is 9.26. The van der Waals surface area contributed by atoms with Crippen molar-refractivity contribution >= 4 is 17.5 Å². The number of hydrogen-bond donors (Lipinski definition) is 2. The number of rotatable bonds is 7. The second-order valence-electron chi connectivity index (χ2n) is 8.83. The molecule has 0 atom stereocenters. The van der Waals surface area contributed by atoms with Gasteiger partial charge < -0.3 is 15.0 Å². The van der Waals surface area contributed by atoms with Gasteiger partial charge in [0.05, 0.1) is 29.5 Å². The van der Waals surface area contributed by atoms with Crippen molar-refractivity contribution in [2.45, 2.75) is 45.2 Å². The number of ether oxygens (including phenoxy) is 1. The molecule has 1 aromatic heterocycles. The zero-order valence-electron chi connectivity index (χ0n) is 19.7. The van der Waals surface area contributed by atoms with Crippen LogP contribution in [0.4, 0.5) is 26.3 Å². The summed E-state index contributed by atoms with van der Waals surface area (Å²) in [6.07, 6.45) is -4.67. The largest absolute Gasteiger partial charge is 0.417 e. The van der Waals surface area contributed by atoms with E-state index in [9.17, 15) is 31.5 Å². The van der Waals surface area contributed by atoms with Gasteiger partial charge in [-0.05, 0) is 38.0 Å². The minimum absolute atomic E-state index is 0.0134. The Morgan fingerprint density at radius 3 is 2.45 bits per heavy atom. The van der Waals surface area contributed by atoms with Crippen molar-refractivity contribution in [3.05, 3.63) is 85.5 Å². The van der Waals surface area contributed by atoms with Gasteiger partial charge in [0, 0.05) is 28.6 Å². The van der Waals surface area contributed by atoms with E-state index in [1.807, 2.05) is 4.98 Å². The summed E-state index contributed by atoms with van der Waals surface area (Å²) in [7, 11) is 0. The molecule has 13 heteroatoms. The molecule has 1 saturated carbocycles. The quantitative estimate of drug-likeness (QED) is 0.377. The normalized spacial score (nSPS) is 17.3. The Hall–Kier alpha value is -3.38. The van der Waals surface area contributed by atoms with Gasteiger partial charge >= 0.3 is 6.18 Å². The lowest BCUT2D eigenvalue weighted by atomic mass is 9.81. The van der Waals surface area contributed by atoms with E-state index in [2.05, 4.69) is 10.3 Å². The van der Waals surface area contributed by atoms with Gasteiger partial charge in [0.25, 0.3) is 5.56 Å². The molecule has 1 aliphatic rings. The SMILES string of the molecule is Cc1nc(-c2c(C(F)(F)F)ccc(CNC(=O)C3CC(OCc4ccc(Cl)cc4F)C3)c2F)[nH]c(=O)c1F. The molecule has 1 heterocycles. The maximum atomic E-state index is 15.3. The monoisotopic (exact) mass is 559 g/mol. The molecule has 202 valence electrons. The number of hydrogen-bond acceptors (Lipinski definition) is 4. The molecule has 1 amide bonds. The van der Waals surface area contributed by atoms with E-state index in [4.69, 9.17) is 16.3 Å². The molecule has 2 N–H and O–H groups in total. The van der Waals surface area contributed by atoms with Gasteiger partial charge in [0.15, 0.2) is 0 Å². The summed E-state index contributed by atoms with van der Waals surface area (Å²) in [5, 5.41) is 2.73. The van der Waals surface area contributed by atoms with E-state index in [0.717, 1.165) is 19.1 Å². The first kappa shape index (κ1) is 27.6. The Morgan fingerprint density at radius 1 is 1.13 bits per heavy atom. The molecule has 1 aliphatic carbocycles. The summed E-state index contributed by atoms with van der Waals surface area (Å²) < 4.78 is 89.1. The summed E-state index contributed by atoms with van der Waals surface area (Å²) in [6.45, 7) is 0.601. The first-order valence-electron chi connectivity index (χ1n) is 11.3. The van der Waals surface area contributed by atoms with Crippen LogP contribution < -0.4 is 10.9 Å². The molecule has 0 aliphatic heterocycles. The third-order valence-corrected chi connectivity index (χ3v) is 6.44. The van der Waals surface area contributed by atoms with E-state index in [1.165, 1.54) is 12.1 Å². The van der Waals surface area contributed by atoms with Crippen LogP contribution >= 0.6 is 11.6 Å². The number of aromatic nitrogens is 2. The molecular formula is C25H20ClF6N3O3. The second kappa shape index (κ2) is 10.8. The van der Waals surface area contributed by atoms with Crippen molar-refractivity contribution in [2.24, 2.45) is 5.92 Å². The molecule has 0 unspecified atom stereocenters. The fourth-order valence-electron chi connectivity index (χ4n) is 4.00. The van der Waals surface area contributed by atoms with Crippen LogP contribution in [0.25, 0.3) is 11.4 Å². The molecule has 3 aromatic rings. The molecule has 0 radical (unpaired) electrons. The van der Waals surface area contributed by atoms with Gasteiger partial charge in [-0.15, -0.1) is 0 Å². The van der Waals surface area contributed by atoms with Crippen molar-refractivity contribution in [2.75, 3.05) is 0 Å². The van der Waals surface area contributed by atoms with Gasteiger partial charge in [0.2, 0.25) is 11.7 Å². The van der Waals surface area contributed by atoms with E-state index < -0.39 is 70.2 Å². The number of amides is 1. The van der Waals surface area contributed by atoms with Gasteiger partial charge in [-0.3, -0.25) is 9.59 Å². The fourth-order valence-corrected chi connectivity index (χ4v) is 4.16. The predicted octanol–water partition coefficient (Wildman–Crippen LogP) is 5.45. The van der Waals surface area contributed by atoms with Gasteiger partial charge in [-0.2, -0.15) is 17.6 Å². The Kier molecular flexibility index (Phi) is 7.84. The van der Waals surface area contributed by atoms with Gasteiger partial charge in [-0.1, -0.05) is 23.7 Å². The highest BCUT2D eigenvalue weighted by atomic mass is 35.5. The van der Waals surface area contributed by atoms with Gasteiger partial charge in [0.1, 0.15) is 17.5 Å². The Labute approximate surface area is 217 Å². The molecular weight excluding hydrogens is 540 g/mol. The molecule has 6 nitrogen and oxygen atoms in total. The lowest BCUT2D eigenvalue weighted by Crippen LogP contribution is -2.42. The van der Waals surface area contributed by atoms with Crippen LogP contribution in [0.3, 0.4) is 0 Å². The molecule has 2 aromatic carbocycles. The molecule has 0 saturated heterocycles. The lowest BCUT2D eigenvalue weighted by Gasteiger charge is -2.34. The average Bonchev–Trinajstić information content (AvgIpc) is 2.80. The van der Waals surface area contributed by atoms with Gasteiger partial charge in [-0.25, -0.2) is 13.8 Å². The summed E-state index contributed by atoms with van der Waals surface area (Å²) in [5.41, 5.74) is -4.32. The Balaban J connectivity index is 1.42. The minimum Gasteiger partial charge on any atom is -0.373 e. The van der Waals surface area contributed by atoms with Crippen LogP contribution in [0.5, 0.6) is 0 Å². The first-order chi connectivity index (χ1) is 17.8. The van der Waals surface area contributed by atoms with Crippen LogP contribution in [0.15, 0.2) is 35.1 Å². The topological polar surface area (TPSA) is 84.1 Å². The fraction of sp³-hybridized carbons (Fsp3) is 0.320. The average molecular weight is 560 g/mol. The molecule has 0 spiro atoms. The first-order valence-corrected chi connectivity index (χ1v) is 11.7. The minimum atomic E-state index is -5.01. The van der Waals surface area contributed by atoms with Crippen LogP contribution in [-0.4, -0.2) is 22.0 Å². The Bertz CT molecular complexity index is 1440. The summed E-state index contributed by atoms with van der Waals surface area (Å²) in [5.74, 6) is -4.92. The van der Waals surface area contributed by atoms with Crippen LogP contribution in [-0.2, 0) is 28.9 Å². The number of benzene rings is 2. The highest BCUT2D eigenvalue weighted by molar-refractivity contribution is 6.30. The summed E-state index contributed by atoms with van der Waals surface area (Å²) in [6, 6.07) is 5.64. The number of carbonyl (C=O) groups is 1. The lowest BCUT2D eigenvalue weighted by molar-refractivity contribution is -0.137. The summed E-state index contributed by atoms with van der Waals surface area (Å²) >= 11 is 5.71. The number of carbonyl (C=O) groups excluding carboxylic acids is 1. The number of nitrogens with zero attached hydrogens (tertiary/aromatic N) is 1. The number of H-pyrrole nitrogens is 1. The van der Waals surface area contributed by atoms with Crippen molar-refractivity contribution in [1.29, 1.82) is 0 Å². The van der Waals surface area contributed by atoms with Crippen molar-refractivity contribution < 1.29 is 35.9 Å². The third-order valence-electron chi connectivity index (χ3n) is 6.20. The van der Waals surface area contributed by atoms with Crippen LogP contribution in [0, 0.1) is 30.3 Å². The van der Waals surface area contributed by atoms with Crippen LogP contribution in [0.1, 0.15) is 35.2 Å². The number of alkyl halides is 3. The zero-order valence-corrected chi connectivity index (χ0v) is 20.4. The number of halogens is 7. The maximum absolute atomic E-state index is 15.3. The van der Waals surface area contributed by atoms with Crippen molar-refractivity contribution in [3.8, 4) is 11.4 Å². The van der Waals surface area contributed by atoms with Crippen molar-refractivity contribution in [1.82, 2.24) is 15.3 Å². The van der Waals surface area contributed by atoms with E-state index in [1.54, 1.807) is 0 Å². The molecule has 38 heavy (non-hydrogen) atoms. The highest BCUT2D eigenvalue weighted by Crippen LogP contribution is 2.38. The summed E-state index contributed by atoms with van der Waals surface area (Å²) in [4.78, 5) is 29.6. The van der Waals surface area contributed by atoms with E-state index in [0.29, 0.717) is 24.5 Å². The number of nitrogens with one attached hydrogen (secondary N) is 2. The predicted molar refractivity (Wildman–Crippen MR) is 125 cm³/mol. The smallest absolute Gasteiger partial charge is 0.373 e. The molecule has 4 rings (SSSR count). The van der Waals surface area contributed by atoms with E-state index in [-0.39, 0.29) is 23.3 Å². The standard InChI is InChI=1S/C25H20ClF6N3O3/c1-11-20(28)24(37)35-22(34-11)19-17(25(30,31)32)5-3-12(21(19)29)9-33-23(36)14-6-16(7-14)38-10-13-2-4-15(26)8-18(13)27/h2-5,8,14,16H,6-7,9-10H2,1H3,(H,33,36)(H,34,35,37). The zero-order chi connectivity index (χ0) is 27.8. The van der Waals surface area contributed by atoms with Crippen LogP contribution in [0.2, 0.25) is 5.02 Å². The molecule has 0 bridgehead atoms. The van der Waals surface area contributed by atoms with E-state index >= 15 is 4.39 Å².